The van der Waals surface area contributed by atoms with Gasteiger partial charge in [0.25, 0.3) is 0 Å². The summed E-state index contributed by atoms with van der Waals surface area (Å²) in [6, 6.07) is 7.05. The smallest absolute Gasteiger partial charge is 0.207 e. The van der Waals surface area contributed by atoms with E-state index in [0.29, 0.717) is 6.04 Å². The normalized spacial score (nSPS) is 18.1. The molecule has 4 nitrogen and oxygen atoms in total. The molecule has 0 bridgehead atoms. The van der Waals surface area contributed by atoms with Crippen molar-refractivity contribution in [2.75, 3.05) is 7.05 Å². The van der Waals surface area contributed by atoms with Crippen LogP contribution in [0, 0.1) is 11.7 Å². The minimum Gasteiger partial charge on any atom is -0.356 e. The molecule has 1 N–H and O–H groups in total. The van der Waals surface area contributed by atoms with Crippen LogP contribution in [0.15, 0.2) is 58.4 Å². The average molecular weight is 426 g/mol. The summed E-state index contributed by atoms with van der Waals surface area (Å²) in [5, 5.41) is 2.73. The SMILES string of the molecule is CC(NC=O)C1CC1.CCCC1=N/C(=C(\C)C=C(C)C)N(C)C(c2ccc(F)cc2)=C1. The van der Waals surface area contributed by atoms with Crippen molar-refractivity contribution in [3.8, 4) is 0 Å². The Labute approximate surface area is 186 Å². The lowest BCUT2D eigenvalue weighted by Crippen LogP contribution is -2.25. The highest BCUT2D eigenvalue weighted by atomic mass is 19.1. The van der Waals surface area contributed by atoms with Crippen LogP contribution in [0.25, 0.3) is 5.70 Å². The van der Waals surface area contributed by atoms with Gasteiger partial charge in [-0.15, -0.1) is 0 Å². The molecular formula is C26H36FN3O. The highest BCUT2D eigenvalue weighted by molar-refractivity contribution is 6.02. The molecule has 2 aliphatic rings. The first-order valence-corrected chi connectivity index (χ1v) is 11.1. The van der Waals surface area contributed by atoms with Gasteiger partial charge in [-0.3, -0.25) is 4.79 Å². The summed E-state index contributed by atoms with van der Waals surface area (Å²) in [6.45, 7) is 10.4. The maximum absolute atomic E-state index is 13.2. The number of nitrogens with zero attached hydrogens (tertiary/aromatic N) is 2. The van der Waals surface area contributed by atoms with E-state index in [0.717, 1.165) is 53.5 Å². The lowest BCUT2D eigenvalue weighted by Gasteiger charge is -2.29. The summed E-state index contributed by atoms with van der Waals surface area (Å²) in [5.41, 5.74) is 5.50. The highest BCUT2D eigenvalue weighted by Crippen LogP contribution is 2.32. The second kappa shape index (κ2) is 11.6. The summed E-state index contributed by atoms with van der Waals surface area (Å²) < 4.78 is 13.2. The quantitative estimate of drug-likeness (QED) is 0.538. The van der Waals surface area contributed by atoms with Crippen molar-refractivity contribution in [1.82, 2.24) is 10.2 Å². The summed E-state index contributed by atoms with van der Waals surface area (Å²) in [7, 11) is 2.01. The van der Waals surface area contributed by atoms with Crippen LogP contribution in [0.1, 0.15) is 65.9 Å². The number of amides is 1. The van der Waals surface area contributed by atoms with Crippen LogP contribution in [0.4, 0.5) is 4.39 Å². The van der Waals surface area contributed by atoms with Crippen LogP contribution in [0.2, 0.25) is 0 Å². The predicted molar refractivity (Wildman–Crippen MR) is 128 cm³/mol. The minimum absolute atomic E-state index is 0.216. The van der Waals surface area contributed by atoms with Gasteiger partial charge in [0, 0.05) is 18.8 Å². The van der Waals surface area contributed by atoms with Crippen LogP contribution < -0.4 is 5.32 Å². The van der Waals surface area contributed by atoms with Gasteiger partial charge in [-0.05, 0) is 94.4 Å². The number of hydrogen-bond donors (Lipinski definition) is 1. The van der Waals surface area contributed by atoms with Crippen LogP contribution in [0.5, 0.6) is 0 Å². The van der Waals surface area contributed by atoms with Gasteiger partial charge in [-0.25, -0.2) is 9.38 Å². The molecule has 1 unspecified atom stereocenters. The Morgan fingerprint density at radius 2 is 1.90 bits per heavy atom. The predicted octanol–water partition coefficient (Wildman–Crippen LogP) is 6.08. The molecule has 1 atom stereocenters. The number of aliphatic imine (C=N–C) groups is 1. The molecule has 1 aliphatic carbocycles. The van der Waals surface area contributed by atoms with Crippen LogP contribution in [-0.2, 0) is 4.79 Å². The lowest BCUT2D eigenvalue weighted by atomic mass is 10.0. The van der Waals surface area contributed by atoms with Crippen molar-refractivity contribution < 1.29 is 9.18 Å². The van der Waals surface area contributed by atoms with E-state index in [2.05, 4.69) is 50.1 Å². The number of benzene rings is 1. The first kappa shape index (κ1) is 24.6. The van der Waals surface area contributed by atoms with E-state index < -0.39 is 0 Å². The van der Waals surface area contributed by atoms with E-state index in [1.54, 1.807) is 0 Å². The van der Waals surface area contributed by atoms with Crippen molar-refractivity contribution in [1.29, 1.82) is 0 Å². The molecule has 1 aromatic carbocycles. The molecule has 0 aromatic heterocycles. The van der Waals surface area contributed by atoms with E-state index in [-0.39, 0.29) is 5.82 Å². The Bertz CT molecular complexity index is 872. The molecule has 31 heavy (non-hydrogen) atoms. The molecule has 0 radical (unpaired) electrons. The van der Waals surface area contributed by atoms with Crippen molar-refractivity contribution in [3.63, 3.8) is 0 Å². The van der Waals surface area contributed by atoms with Gasteiger partial charge in [0.15, 0.2) is 0 Å². The number of carbonyl (C=O) groups excluding carboxylic acids is 1. The fourth-order valence-corrected chi connectivity index (χ4v) is 3.58. The van der Waals surface area contributed by atoms with Gasteiger partial charge in [0.2, 0.25) is 6.41 Å². The van der Waals surface area contributed by atoms with Crippen LogP contribution in [0.3, 0.4) is 0 Å². The standard InChI is InChI=1S/C20H25FN2.C6H11NO/c1-6-7-18-13-19(16-8-10-17(21)11-9-16)23(5)20(22-18)15(4)12-14(2)3;1-5(7-4-8)6-2-3-6/h8-13H,6-7H2,1-5H3;4-6H,2-3H2,1H3,(H,7,8)/b20-15-;. The van der Waals surface area contributed by atoms with Gasteiger partial charge in [-0.1, -0.05) is 25.0 Å². The Morgan fingerprint density at radius 3 is 2.42 bits per heavy atom. The van der Waals surface area contributed by atoms with Gasteiger partial charge < -0.3 is 10.2 Å². The molecule has 168 valence electrons. The van der Waals surface area contributed by atoms with E-state index >= 15 is 0 Å². The number of hydrogen-bond acceptors (Lipinski definition) is 3. The molecule has 1 fully saturated rings. The molecule has 3 rings (SSSR count). The topological polar surface area (TPSA) is 44.7 Å². The molecule has 0 saturated heterocycles. The van der Waals surface area contributed by atoms with Crippen molar-refractivity contribution >= 4 is 17.8 Å². The molecule has 1 aromatic rings. The monoisotopic (exact) mass is 425 g/mol. The molecular weight excluding hydrogens is 389 g/mol. The Hall–Kier alpha value is -2.69. The largest absolute Gasteiger partial charge is 0.356 e. The second-order valence-electron chi connectivity index (χ2n) is 8.59. The third-order valence-corrected chi connectivity index (χ3v) is 5.40. The van der Waals surface area contributed by atoms with Gasteiger partial charge >= 0.3 is 0 Å². The zero-order chi connectivity index (χ0) is 23.0. The molecule has 1 saturated carbocycles. The number of allylic oxidation sites excluding steroid dienone is 4. The fraction of sp³-hybridized carbons (Fsp3) is 0.462. The average Bonchev–Trinajstić information content (AvgIpc) is 3.56. The number of rotatable bonds is 7. The Kier molecular flexibility index (Phi) is 9.22. The Balaban J connectivity index is 0.000000357. The minimum atomic E-state index is -0.216. The maximum Gasteiger partial charge on any atom is 0.207 e. The summed E-state index contributed by atoms with van der Waals surface area (Å²) >= 11 is 0. The molecule has 0 spiro atoms. The first-order valence-electron chi connectivity index (χ1n) is 11.1. The zero-order valence-electron chi connectivity index (χ0n) is 19.7. The molecule has 5 heteroatoms. The van der Waals surface area contributed by atoms with Crippen molar-refractivity contribution in [2.24, 2.45) is 10.9 Å². The van der Waals surface area contributed by atoms with E-state index in [9.17, 15) is 9.18 Å². The van der Waals surface area contributed by atoms with Crippen molar-refractivity contribution in [3.05, 3.63) is 64.8 Å². The van der Waals surface area contributed by atoms with E-state index in [1.807, 2.05) is 26.1 Å². The third-order valence-electron chi connectivity index (χ3n) is 5.40. The van der Waals surface area contributed by atoms with Gasteiger partial charge in [0.1, 0.15) is 11.6 Å². The summed E-state index contributed by atoms with van der Waals surface area (Å²) in [6.07, 6.45) is 9.60. The number of nitrogens with one attached hydrogen (secondary N) is 1. The second-order valence-corrected chi connectivity index (χ2v) is 8.59. The Morgan fingerprint density at radius 1 is 1.26 bits per heavy atom. The molecule has 1 amide bonds. The summed E-state index contributed by atoms with van der Waals surface area (Å²) in [5.74, 6) is 1.52. The van der Waals surface area contributed by atoms with Gasteiger partial charge in [-0.2, -0.15) is 0 Å². The lowest BCUT2D eigenvalue weighted by molar-refractivity contribution is -0.110. The van der Waals surface area contributed by atoms with E-state index in [1.165, 1.54) is 30.5 Å². The molecule has 1 heterocycles. The third kappa shape index (κ3) is 7.50. The zero-order valence-corrected chi connectivity index (χ0v) is 19.7. The van der Waals surface area contributed by atoms with Gasteiger partial charge in [0.05, 0.1) is 5.70 Å². The highest BCUT2D eigenvalue weighted by Gasteiger charge is 2.27. The maximum atomic E-state index is 13.2. The van der Waals surface area contributed by atoms with Crippen LogP contribution in [-0.4, -0.2) is 30.1 Å². The fourth-order valence-electron chi connectivity index (χ4n) is 3.58. The van der Waals surface area contributed by atoms with Crippen molar-refractivity contribution in [2.45, 2.75) is 66.3 Å². The number of carbonyl (C=O) groups is 1. The first-order chi connectivity index (χ1) is 14.8. The summed E-state index contributed by atoms with van der Waals surface area (Å²) in [4.78, 5) is 16.7. The molecule has 1 aliphatic heterocycles. The van der Waals surface area contributed by atoms with Crippen LogP contribution >= 0.6 is 0 Å². The van der Waals surface area contributed by atoms with E-state index in [4.69, 9.17) is 4.99 Å². The number of halogens is 1.